The van der Waals surface area contributed by atoms with Crippen molar-refractivity contribution in [3.05, 3.63) is 52.7 Å². The van der Waals surface area contributed by atoms with Crippen LogP contribution in [0.15, 0.2) is 35.8 Å². The Morgan fingerprint density at radius 1 is 1.20 bits per heavy atom. The zero-order valence-electron chi connectivity index (χ0n) is 14.5. The van der Waals surface area contributed by atoms with E-state index < -0.39 is 0 Å². The number of nitrogens with zero attached hydrogens (tertiary/aromatic N) is 3. The number of aryl methyl sites for hydroxylation is 2. The van der Waals surface area contributed by atoms with Crippen LogP contribution in [0.1, 0.15) is 36.1 Å². The number of rotatable bonds is 7. The van der Waals surface area contributed by atoms with E-state index in [4.69, 9.17) is 10.7 Å². The zero-order valence-corrected chi connectivity index (χ0v) is 15.3. The van der Waals surface area contributed by atoms with Crippen LogP contribution in [0.5, 0.6) is 0 Å². The zero-order chi connectivity index (χ0) is 17.8. The molecule has 0 unspecified atom stereocenters. The summed E-state index contributed by atoms with van der Waals surface area (Å²) in [5.74, 6) is -0.237. The molecule has 0 spiro atoms. The fraction of sp³-hybridized carbons (Fsp3) is 0.316. The van der Waals surface area contributed by atoms with Gasteiger partial charge < -0.3 is 5.73 Å². The first-order valence-corrected chi connectivity index (χ1v) is 9.27. The SMILES string of the molecule is Cc1ccc(-c2csc(-n3ncc(CCCCC(N)=O)c3C)n2)cc1. The summed E-state index contributed by atoms with van der Waals surface area (Å²) < 4.78 is 1.89. The smallest absolute Gasteiger partial charge is 0.217 e. The highest BCUT2D eigenvalue weighted by Crippen LogP contribution is 2.25. The van der Waals surface area contributed by atoms with Crippen LogP contribution in [0.3, 0.4) is 0 Å². The van der Waals surface area contributed by atoms with Crippen molar-refractivity contribution < 1.29 is 4.79 Å². The summed E-state index contributed by atoms with van der Waals surface area (Å²) in [6, 6.07) is 8.37. The number of nitrogens with two attached hydrogens (primary N) is 1. The normalized spacial score (nSPS) is 11.0. The lowest BCUT2D eigenvalue weighted by Gasteiger charge is -2.02. The molecule has 1 aromatic carbocycles. The lowest BCUT2D eigenvalue weighted by Crippen LogP contribution is -2.09. The van der Waals surface area contributed by atoms with Crippen LogP contribution < -0.4 is 5.73 Å². The highest BCUT2D eigenvalue weighted by molar-refractivity contribution is 7.12. The molecule has 6 heteroatoms. The molecule has 0 saturated carbocycles. The van der Waals surface area contributed by atoms with Crippen molar-refractivity contribution in [1.82, 2.24) is 14.8 Å². The first kappa shape index (κ1) is 17.4. The second-order valence-corrected chi connectivity index (χ2v) is 7.06. The molecule has 2 aromatic heterocycles. The summed E-state index contributed by atoms with van der Waals surface area (Å²) in [7, 11) is 0. The largest absolute Gasteiger partial charge is 0.370 e. The van der Waals surface area contributed by atoms with E-state index in [0.717, 1.165) is 41.3 Å². The van der Waals surface area contributed by atoms with Crippen LogP contribution in [-0.2, 0) is 11.2 Å². The monoisotopic (exact) mass is 354 g/mol. The van der Waals surface area contributed by atoms with Gasteiger partial charge in [-0.15, -0.1) is 11.3 Å². The number of benzene rings is 1. The van der Waals surface area contributed by atoms with Gasteiger partial charge in [-0.25, -0.2) is 9.67 Å². The summed E-state index contributed by atoms with van der Waals surface area (Å²) in [6.07, 6.45) is 4.98. The molecule has 25 heavy (non-hydrogen) atoms. The second-order valence-electron chi connectivity index (χ2n) is 6.22. The van der Waals surface area contributed by atoms with Crippen LogP contribution in [-0.4, -0.2) is 20.7 Å². The van der Waals surface area contributed by atoms with Gasteiger partial charge in [-0.3, -0.25) is 4.79 Å². The van der Waals surface area contributed by atoms with Gasteiger partial charge in [-0.1, -0.05) is 29.8 Å². The predicted octanol–water partition coefficient (Wildman–Crippen LogP) is 3.81. The van der Waals surface area contributed by atoms with Crippen LogP contribution in [0.2, 0.25) is 0 Å². The summed E-state index contributed by atoms with van der Waals surface area (Å²) in [4.78, 5) is 15.5. The molecule has 0 aliphatic carbocycles. The Morgan fingerprint density at radius 2 is 1.96 bits per heavy atom. The number of thiazole rings is 1. The Bertz CT molecular complexity index is 864. The van der Waals surface area contributed by atoms with Gasteiger partial charge in [0, 0.05) is 23.1 Å². The van der Waals surface area contributed by atoms with E-state index >= 15 is 0 Å². The van der Waals surface area contributed by atoms with Crippen molar-refractivity contribution >= 4 is 17.2 Å². The van der Waals surface area contributed by atoms with E-state index in [2.05, 4.69) is 48.6 Å². The van der Waals surface area contributed by atoms with Crippen LogP contribution in [0.25, 0.3) is 16.4 Å². The minimum absolute atomic E-state index is 0.237. The quantitative estimate of drug-likeness (QED) is 0.656. The number of amides is 1. The average Bonchev–Trinajstić information content (AvgIpc) is 3.19. The molecule has 0 aliphatic rings. The molecule has 0 saturated heterocycles. The third kappa shape index (κ3) is 4.14. The maximum Gasteiger partial charge on any atom is 0.217 e. The fourth-order valence-electron chi connectivity index (χ4n) is 2.71. The van der Waals surface area contributed by atoms with Gasteiger partial charge in [0.1, 0.15) is 0 Å². The molecular formula is C19H22N4OS. The maximum atomic E-state index is 10.8. The highest BCUT2D eigenvalue weighted by atomic mass is 32.1. The number of aromatic nitrogens is 3. The number of unbranched alkanes of at least 4 members (excludes halogenated alkanes) is 1. The van der Waals surface area contributed by atoms with Gasteiger partial charge in [0.05, 0.1) is 11.9 Å². The molecule has 1 amide bonds. The van der Waals surface area contributed by atoms with Crippen molar-refractivity contribution in [2.75, 3.05) is 0 Å². The molecule has 2 heterocycles. The lowest BCUT2D eigenvalue weighted by atomic mass is 10.1. The van der Waals surface area contributed by atoms with Gasteiger partial charge in [-0.05, 0) is 38.7 Å². The molecule has 3 rings (SSSR count). The van der Waals surface area contributed by atoms with Crippen molar-refractivity contribution in [1.29, 1.82) is 0 Å². The molecule has 2 N–H and O–H groups in total. The highest BCUT2D eigenvalue weighted by Gasteiger charge is 2.12. The van der Waals surface area contributed by atoms with Gasteiger partial charge >= 0.3 is 0 Å². The Hall–Kier alpha value is -2.47. The van der Waals surface area contributed by atoms with Gasteiger partial charge in [0.15, 0.2) is 0 Å². The Kier molecular flexibility index (Phi) is 5.28. The molecule has 0 aliphatic heterocycles. The number of carbonyl (C=O) groups excluding carboxylic acids is 1. The second kappa shape index (κ2) is 7.61. The summed E-state index contributed by atoms with van der Waals surface area (Å²) in [6.45, 7) is 4.14. The molecule has 3 aromatic rings. The fourth-order valence-corrected chi connectivity index (χ4v) is 3.56. The maximum absolute atomic E-state index is 10.8. The average molecular weight is 354 g/mol. The summed E-state index contributed by atoms with van der Waals surface area (Å²) in [5, 5.41) is 7.43. The van der Waals surface area contributed by atoms with Gasteiger partial charge in [0.25, 0.3) is 0 Å². The first-order chi connectivity index (χ1) is 12.0. The number of hydrogen-bond acceptors (Lipinski definition) is 4. The minimum atomic E-state index is -0.237. The van der Waals surface area contributed by atoms with Crippen molar-refractivity contribution in [2.24, 2.45) is 5.73 Å². The van der Waals surface area contributed by atoms with Crippen LogP contribution in [0, 0.1) is 13.8 Å². The number of primary amides is 1. The van der Waals surface area contributed by atoms with Crippen molar-refractivity contribution in [3.8, 4) is 16.4 Å². The Labute approximate surface area is 151 Å². The molecule has 0 fully saturated rings. The summed E-state index contributed by atoms with van der Waals surface area (Å²) >= 11 is 1.59. The standard InChI is InChI=1S/C19H22N4OS/c1-13-7-9-15(10-8-13)17-12-25-19(22-17)23-14(2)16(11-21-23)5-3-4-6-18(20)24/h7-12H,3-6H2,1-2H3,(H2,20,24). The number of hydrogen-bond donors (Lipinski definition) is 1. The number of carbonyl (C=O) groups is 1. The summed E-state index contributed by atoms with van der Waals surface area (Å²) in [5.41, 5.74) is 10.8. The predicted molar refractivity (Wildman–Crippen MR) is 101 cm³/mol. The van der Waals surface area contributed by atoms with Crippen LogP contribution >= 0.6 is 11.3 Å². The van der Waals surface area contributed by atoms with Gasteiger partial charge in [0.2, 0.25) is 11.0 Å². The van der Waals surface area contributed by atoms with Gasteiger partial charge in [-0.2, -0.15) is 5.10 Å². The molecule has 0 atom stereocenters. The molecular weight excluding hydrogens is 332 g/mol. The van der Waals surface area contributed by atoms with Crippen LogP contribution in [0.4, 0.5) is 0 Å². The van der Waals surface area contributed by atoms with E-state index in [9.17, 15) is 4.79 Å². The van der Waals surface area contributed by atoms with E-state index in [-0.39, 0.29) is 5.91 Å². The molecule has 0 radical (unpaired) electrons. The van der Waals surface area contributed by atoms with E-state index in [0.29, 0.717) is 6.42 Å². The first-order valence-electron chi connectivity index (χ1n) is 8.39. The Morgan fingerprint density at radius 3 is 2.68 bits per heavy atom. The van der Waals surface area contributed by atoms with E-state index in [1.165, 1.54) is 11.1 Å². The third-order valence-corrected chi connectivity index (χ3v) is 5.07. The van der Waals surface area contributed by atoms with E-state index in [1.807, 2.05) is 10.9 Å². The topological polar surface area (TPSA) is 73.8 Å². The molecule has 0 bridgehead atoms. The molecule has 130 valence electrons. The van der Waals surface area contributed by atoms with Crippen molar-refractivity contribution in [2.45, 2.75) is 39.5 Å². The van der Waals surface area contributed by atoms with Crippen molar-refractivity contribution in [3.63, 3.8) is 0 Å². The van der Waals surface area contributed by atoms with E-state index in [1.54, 1.807) is 11.3 Å². The Balaban J connectivity index is 1.72. The lowest BCUT2D eigenvalue weighted by molar-refractivity contribution is -0.118. The molecule has 5 nitrogen and oxygen atoms in total. The third-order valence-electron chi connectivity index (χ3n) is 4.25. The minimum Gasteiger partial charge on any atom is -0.370 e.